The molecule has 0 aromatic heterocycles. The molecule has 0 heterocycles. The topological polar surface area (TPSA) is 29.1 Å². The molecule has 102 valence electrons. The first-order chi connectivity index (χ1) is 9.24. The molecule has 1 aromatic rings. The monoisotopic (exact) mass is 275 g/mol. The van der Waals surface area contributed by atoms with Crippen molar-refractivity contribution < 1.29 is 4.79 Å². The number of hydrogen-bond donors (Lipinski definition) is 1. The van der Waals surface area contributed by atoms with Crippen molar-refractivity contribution in [2.75, 3.05) is 12.3 Å². The second-order valence-electron chi connectivity index (χ2n) is 4.99. The van der Waals surface area contributed by atoms with Crippen molar-refractivity contribution in [2.24, 2.45) is 0 Å². The molecule has 1 amide bonds. The maximum atomic E-state index is 11.8. The molecule has 0 fully saturated rings. The molecule has 0 radical (unpaired) electrons. The maximum absolute atomic E-state index is 11.8. The zero-order chi connectivity index (χ0) is 13.5. The molecule has 0 bridgehead atoms. The van der Waals surface area contributed by atoms with Crippen molar-refractivity contribution in [3.63, 3.8) is 0 Å². The van der Waals surface area contributed by atoms with Crippen LogP contribution in [0.3, 0.4) is 0 Å². The summed E-state index contributed by atoms with van der Waals surface area (Å²) >= 11 is 1.59. The molecule has 3 heteroatoms. The van der Waals surface area contributed by atoms with Gasteiger partial charge in [0.15, 0.2) is 0 Å². The SMILES string of the molecule is Cc1ccc(SCC(=O)NCC2=CCCCC2)cc1. The van der Waals surface area contributed by atoms with Crippen LogP contribution >= 0.6 is 11.8 Å². The lowest BCUT2D eigenvalue weighted by atomic mass is 10.00. The van der Waals surface area contributed by atoms with Crippen molar-refractivity contribution in [2.45, 2.75) is 37.5 Å². The van der Waals surface area contributed by atoms with E-state index in [0.29, 0.717) is 5.75 Å². The lowest BCUT2D eigenvalue weighted by Gasteiger charge is -2.13. The van der Waals surface area contributed by atoms with E-state index in [1.54, 1.807) is 11.8 Å². The zero-order valence-corrected chi connectivity index (χ0v) is 12.3. The Morgan fingerprint density at radius 1 is 1.26 bits per heavy atom. The van der Waals surface area contributed by atoms with Crippen LogP contribution in [-0.4, -0.2) is 18.2 Å². The lowest BCUT2D eigenvalue weighted by molar-refractivity contribution is -0.118. The van der Waals surface area contributed by atoms with Gasteiger partial charge in [-0.2, -0.15) is 0 Å². The summed E-state index contributed by atoms with van der Waals surface area (Å²) in [5.41, 5.74) is 2.64. The number of amides is 1. The Hall–Kier alpha value is -1.22. The fourth-order valence-corrected chi connectivity index (χ4v) is 2.84. The smallest absolute Gasteiger partial charge is 0.230 e. The summed E-state index contributed by atoms with van der Waals surface area (Å²) in [4.78, 5) is 12.9. The Bertz CT molecular complexity index is 450. The Morgan fingerprint density at radius 3 is 2.74 bits per heavy atom. The minimum Gasteiger partial charge on any atom is -0.352 e. The van der Waals surface area contributed by atoms with Crippen LogP contribution in [0.1, 0.15) is 31.2 Å². The normalized spacial score (nSPS) is 14.9. The number of hydrogen-bond acceptors (Lipinski definition) is 2. The molecular weight excluding hydrogens is 254 g/mol. The number of allylic oxidation sites excluding steroid dienone is 1. The van der Waals surface area contributed by atoms with E-state index < -0.39 is 0 Å². The fourth-order valence-electron chi connectivity index (χ4n) is 2.11. The van der Waals surface area contributed by atoms with Crippen LogP contribution in [0, 0.1) is 6.92 Å². The molecule has 2 rings (SSSR count). The molecule has 19 heavy (non-hydrogen) atoms. The van der Waals surface area contributed by atoms with Gasteiger partial charge in [-0.1, -0.05) is 29.3 Å². The summed E-state index contributed by atoms with van der Waals surface area (Å²) in [6, 6.07) is 8.29. The molecule has 1 aromatic carbocycles. The first-order valence-electron chi connectivity index (χ1n) is 6.88. The Morgan fingerprint density at radius 2 is 2.05 bits per heavy atom. The summed E-state index contributed by atoms with van der Waals surface area (Å²) in [5, 5.41) is 3.01. The number of carbonyl (C=O) groups excluding carboxylic acids is 1. The van der Waals surface area contributed by atoms with Crippen LogP contribution in [0.25, 0.3) is 0 Å². The predicted molar refractivity (Wildman–Crippen MR) is 81.5 cm³/mol. The van der Waals surface area contributed by atoms with Crippen LogP contribution < -0.4 is 5.32 Å². The van der Waals surface area contributed by atoms with Gasteiger partial charge in [0.1, 0.15) is 0 Å². The second-order valence-corrected chi connectivity index (χ2v) is 6.04. The van der Waals surface area contributed by atoms with E-state index in [0.717, 1.165) is 17.9 Å². The van der Waals surface area contributed by atoms with Crippen LogP contribution in [-0.2, 0) is 4.79 Å². The first-order valence-corrected chi connectivity index (χ1v) is 7.87. The number of thioether (sulfide) groups is 1. The highest BCUT2D eigenvalue weighted by molar-refractivity contribution is 8.00. The average molecular weight is 275 g/mol. The number of rotatable bonds is 5. The summed E-state index contributed by atoms with van der Waals surface area (Å²) in [6.07, 6.45) is 7.14. The van der Waals surface area contributed by atoms with Gasteiger partial charge >= 0.3 is 0 Å². The average Bonchev–Trinajstić information content (AvgIpc) is 2.45. The third-order valence-electron chi connectivity index (χ3n) is 3.29. The van der Waals surface area contributed by atoms with Crippen LogP contribution in [0.15, 0.2) is 40.8 Å². The van der Waals surface area contributed by atoms with Gasteiger partial charge in [-0.25, -0.2) is 0 Å². The number of carbonyl (C=O) groups is 1. The van der Waals surface area contributed by atoms with Crippen molar-refractivity contribution in [1.29, 1.82) is 0 Å². The highest BCUT2D eigenvalue weighted by atomic mass is 32.2. The van der Waals surface area contributed by atoms with Crippen LogP contribution in [0.5, 0.6) is 0 Å². The van der Waals surface area contributed by atoms with E-state index in [1.807, 2.05) is 0 Å². The zero-order valence-electron chi connectivity index (χ0n) is 11.4. The van der Waals surface area contributed by atoms with E-state index in [2.05, 4.69) is 42.6 Å². The third kappa shape index (κ3) is 5.11. The van der Waals surface area contributed by atoms with E-state index in [1.165, 1.54) is 30.4 Å². The largest absolute Gasteiger partial charge is 0.352 e. The predicted octanol–water partition coefficient (Wildman–Crippen LogP) is 3.70. The van der Waals surface area contributed by atoms with Crippen LogP contribution in [0.4, 0.5) is 0 Å². The Labute approximate surface area is 119 Å². The van der Waals surface area contributed by atoms with Gasteiger partial charge in [0.05, 0.1) is 5.75 Å². The second kappa shape index (κ2) is 7.39. The van der Waals surface area contributed by atoms with E-state index in [4.69, 9.17) is 0 Å². The Balaban J connectivity index is 1.69. The number of benzene rings is 1. The molecule has 0 spiro atoms. The molecule has 0 saturated carbocycles. The molecule has 1 aliphatic carbocycles. The van der Waals surface area contributed by atoms with Crippen molar-refractivity contribution in [3.05, 3.63) is 41.5 Å². The summed E-state index contributed by atoms with van der Waals surface area (Å²) in [6.45, 7) is 2.80. The summed E-state index contributed by atoms with van der Waals surface area (Å²) in [7, 11) is 0. The van der Waals surface area contributed by atoms with Crippen LogP contribution in [0.2, 0.25) is 0 Å². The molecule has 1 aliphatic rings. The molecule has 2 nitrogen and oxygen atoms in total. The van der Waals surface area contributed by atoms with Gasteiger partial charge in [-0.3, -0.25) is 4.79 Å². The summed E-state index contributed by atoms with van der Waals surface area (Å²) in [5.74, 6) is 0.619. The van der Waals surface area contributed by atoms with E-state index in [9.17, 15) is 4.79 Å². The molecule has 0 unspecified atom stereocenters. The van der Waals surface area contributed by atoms with Crippen molar-refractivity contribution >= 4 is 17.7 Å². The quantitative estimate of drug-likeness (QED) is 0.655. The first kappa shape index (κ1) is 14.2. The highest BCUT2D eigenvalue weighted by Crippen LogP contribution is 2.18. The number of nitrogens with one attached hydrogen (secondary N) is 1. The van der Waals surface area contributed by atoms with E-state index >= 15 is 0 Å². The fraction of sp³-hybridized carbons (Fsp3) is 0.438. The lowest BCUT2D eigenvalue weighted by Crippen LogP contribution is -2.27. The molecule has 0 atom stereocenters. The molecular formula is C16H21NOS. The highest BCUT2D eigenvalue weighted by Gasteiger charge is 2.06. The molecule has 0 saturated heterocycles. The Kier molecular flexibility index (Phi) is 5.52. The minimum absolute atomic E-state index is 0.122. The molecule has 0 aliphatic heterocycles. The van der Waals surface area contributed by atoms with E-state index in [-0.39, 0.29) is 5.91 Å². The molecule has 1 N–H and O–H groups in total. The minimum atomic E-state index is 0.122. The van der Waals surface area contributed by atoms with Crippen molar-refractivity contribution in [3.8, 4) is 0 Å². The van der Waals surface area contributed by atoms with Gasteiger partial charge < -0.3 is 5.32 Å². The number of aryl methyl sites for hydroxylation is 1. The van der Waals surface area contributed by atoms with Gasteiger partial charge in [0.2, 0.25) is 5.91 Å². The van der Waals surface area contributed by atoms with Gasteiger partial charge in [-0.05, 0) is 44.7 Å². The van der Waals surface area contributed by atoms with Gasteiger partial charge in [0, 0.05) is 11.4 Å². The third-order valence-corrected chi connectivity index (χ3v) is 4.30. The van der Waals surface area contributed by atoms with Crippen molar-refractivity contribution in [1.82, 2.24) is 5.32 Å². The standard InChI is InChI=1S/C16H21NOS/c1-13-7-9-15(10-8-13)19-12-16(18)17-11-14-5-3-2-4-6-14/h5,7-10H,2-4,6,11-12H2,1H3,(H,17,18). The van der Waals surface area contributed by atoms with Gasteiger partial charge in [0.25, 0.3) is 0 Å². The maximum Gasteiger partial charge on any atom is 0.230 e. The van der Waals surface area contributed by atoms with Gasteiger partial charge in [-0.15, -0.1) is 11.8 Å². The summed E-state index contributed by atoms with van der Waals surface area (Å²) < 4.78 is 0.